The van der Waals surface area contributed by atoms with E-state index in [-0.39, 0.29) is 18.4 Å². The Hall–Kier alpha value is -3.58. The summed E-state index contributed by atoms with van der Waals surface area (Å²) in [6.45, 7) is 0.413. The molecule has 0 unspecified atom stereocenters. The lowest BCUT2D eigenvalue weighted by Gasteiger charge is -2.34. The van der Waals surface area contributed by atoms with Gasteiger partial charge in [0.05, 0.1) is 11.0 Å². The number of rotatable bonds is 11. The highest BCUT2D eigenvalue weighted by atomic mass is 32.2. The van der Waals surface area contributed by atoms with Crippen LogP contribution < -0.4 is 5.32 Å². The molecule has 1 aromatic heterocycles. The summed E-state index contributed by atoms with van der Waals surface area (Å²) in [6.07, 6.45) is 2.82. The molecule has 6 nitrogen and oxygen atoms in total. The van der Waals surface area contributed by atoms with Gasteiger partial charge in [0.15, 0.2) is 5.16 Å². The van der Waals surface area contributed by atoms with E-state index in [0.717, 1.165) is 47.2 Å². The fourth-order valence-electron chi connectivity index (χ4n) is 5.03. The largest absolute Gasteiger partial charge is 0.480 e. The number of carboxylic acid groups (broad SMARTS) is 1. The normalized spacial score (nSPS) is 13.6. The van der Waals surface area contributed by atoms with Gasteiger partial charge in [-0.15, -0.1) is 0 Å². The van der Waals surface area contributed by atoms with Gasteiger partial charge in [-0.2, -0.15) is 0 Å². The third-order valence-electron chi connectivity index (χ3n) is 6.76. The summed E-state index contributed by atoms with van der Waals surface area (Å²) in [4.78, 5) is 29.9. The van der Waals surface area contributed by atoms with Gasteiger partial charge in [0.1, 0.15) is 12.0 Å². The molecule has 0 atom stereocenters. The molecule has 1 amide bonds. The molecule has 0 saturated heterocycles. The van der Waals surface area contributed by atoms with Crippen molar-refractivity contribution >= 4 is 34.7 Å². The first-order valence-electron chi connectivity index (χ1n) is 12.3. The van der Waals surface area contributed by atoms with Gasteiger partial charge in [0.2, 0.25) is 5.91 Å². The minimum absolute atomic E-state index is 0.0468. The first-order valence-corrected chi connectivity index (χ1v) is 13.3. The van der Waals surface area contributed by atoms with Gasteiger partial charge in [-0.05, 0) is 48.4 Å². The summed E-state index contributed by atoms with van der Waals surface area (Å²) in [7, 11) is 0. The number of amides is 1. The van der Waals surface area contributed by atoms with Crippen molar-refractivity contribution in [1.82, 2.24) is 14.9 Å². The molecule has 184 valence electrons. The third-order valence-corrected chi connectivity index (χ3v) is 7.82. The lowest BCUT2D eigenvalue weighted by molar-refractivity contribution is -0.137. The van der Waals surface area contributed by atoms with E-state index in [4.69, 9.17) is 0 Å². The number of carbonyl (C=O) groups is 2. The SMILES string of the molecule is O=C(O)Cn1c(SCCCNC(=O)C(c2ccccc2)(c2ccccc2)C2CC2)nc2ccccc21. The maximum Gasteiger partial charge on any atom is 0.323 e. The van der Waals surface area contributed by atoms with Gasteiger partial charge in [0.25, 0.3) is 0 Å². The summed E-state index contributed by atoms with van der Waals surface area (Å²) < 4.78 is 1.74. The standard InChI is InChI=1S/C29H29N3O3S/c33-26(34)20-32-25-15-8-7-14-24(25)31-28(32)36-19-9-18-30-27(35)29(23-16-17-23,21-10-3-1-4-11-21)22-12-5-2-6-13-22/h1-8,10-15,23H,9,16-20H2,(H,30,35)(H,33,34). The van der Waals surface area contributed by atoms with Crippen molar-refractivity contribution in [3.05, 3.63) is 96.1 Å². The van der Waals surface area contributed by atoms with Crippen LogP contribution in [-0.4, -0.2) is 38.8 Å². The molecule has 0 spiro atoms. The van der Waals surface area contributed by atoms with Gasteiger partial charge in [0, 0.05) is 12.3 Å². The van der Waals surface area contributed by atoms with Crippen molar-refractivity contribution in [2.45, 2.75) is 36.4 Å². The molecule has 36 heavy (non-hydrogen) atoms. The molecule has 0 aliphatic heterocycles. The zero-order chi connectivity index (χ0) is 25.0. The number of hydrogen-bond donors (Lipinski definition) is 2. The van der Waals surface area contributed by atoms with Gasteiger partial charge < -0.3 is 15.0 Å². The number of para-hydroxylation sites is 2. The van der Waals surface area contributed by atoms with E-state index in [9.17, 15) is 14.7 Å². The molecular formula is C29H29N3O3S. The number of nitrogens with zero attached hydrogens (tertiary/aromatic N) is 2. The van der Waals surface area contributed by atoms with Gasteiger partial charge >= 0.3 is 5.97 Å². The maximum atomic E-state index is 13.9. The second-order valence-electron chi connectivity index (χ2n) is 9.14. The summed E-state index contributed by atoms with van der Waals surface area (Å²) in [6, 6.07) is 27.8. The molecule has 2 N–H and O–H groups in total. The van der Waals surface area contributed by atoms with Crippen LogP contribution in [0, 0.1) is 5.92 Å². The number of benzene rings is 3. The molecule has 3 aromatic carbocycles. The number of fused-ring (bicyclic) bond motifs is 1. The Bertz CT molecular complexity index is 1310. The highest BCUT2D eigenvalue weighted by Crippen LogP contribution is 2.51. The highest BCUT2D eigenvalue weighted by Gasteiger charge is 2.53. The minimum atomic E-state index is -0.898. The predicted molar refractivity (Wildman–Crippen MR) is 142 cm³/mol. The van der Waals surface area contributed by atoms with Crippen LogP contribution in [-0.2, 0) is 21.5 Å². The van der Waals surface area contributed by atoms with Crippen LogP contribution in [0.1, 0.15) is 30.4 Å². The van der Waals surface area contributed by atoms with E-state index < -0.39 is 11.4 Å². The Kier molecular flexibility index (Phi) is 7.09. The van der Waals surface area contributed by atoms with Gasteiger partial charge in [-0.3, -0.25) is 9.59 Å². The Balaban J connectivity index is 1.28. The van der Waals surface area contributed by atoms with Crippen LogP contribution in [0.4, 0.5) is 0 Å². The van der Waals surface area contributed by atoms with E-state index in [1.165, 1.54) is 11.8 Å². The molecule has 4 aromatic rings. The summed E-state index contributed by atoms with van der Waals surface area (Å²) >= 11 is 1.52. The van der Waals surface area contributed by atoms with Crippen LogP contribution in [0.2, 0.25) is 0 Å². The molecule has 0 radical (unpaired) electrons. The molecule has 1 aliphatic rings. The predicted octanol–water partition coefficient (Wildman–Crippen LogP) is 5.12. The number of imidazole rings is 1. The summed E-state index contributed by atoms with van der Waals surface area (Å²) in [5, 5.41) is 13.3. The van der Waals surface area contributed by atoms with Crippen LogP contribution in [0.5, 0.6) is 0 Å². The van der Waals surface area contributed by atoms with Crippen molar-refractivity contribution in [1.29, 1.82) is 0 Å². The van der Waals surface area contributed by atoms with Crippen molar-refractivity contribution < 1.29 is 14.7 Å². The average Bonchev–Trinajstić information content (AvgIpc) is 3.69. The van der Waals surface area contributed by atoms with E-state index in [1.54, 1.807) is 4.57 Å². The van der Waals surface area contributed by atoms with Crippen molar-refractivity contribution in [3.8, 4) is 0 Å². The van der Waals surface area contributed by atoms with Crippen LogP contribution in [0.3, 0.4) is 0 Å². The molecule has 1 saturated carbocycles. The van der Waals surface area contributed by atoms with Crippen LogP contribution >= 0.6 is 11.8 Å². The highest BCUT2D eigenvalue weighted by molar-refractivity contribution is 7.99. The smallest absolute Gasteiger partial charge is 0.323 e. The Morgan fingerprint density at radius 2 is 1.56 bits per heavy atom. The molecule has 7 heteroatoms. The van der Waals surface area contributed by atoms with E-state index in [1.807, 2.05) is 60.7 Å². The number of hydrogen-bond acceptors (Lipinski definition) is 4. The van der Waals surface area contributed by atoms with E-state index >= 15 is 0 Å². The van der Waals surface area contributed by atoms with E-state index in [2.05, 4.69) is 34.6 Å². The zero-order valence-corrected chi connectivity index (χ0v) is 20.8. The van der Waals surface area contributed by atoms with Crippen LogP contribution in [0.15, 0.2) is 90.1 Å². The number of nitrogens with one attached hydrogen (secondary N) is 1. The number of carboxylic acids is 1. The fraction of sp³-hybridized carbons (Fsp3) is 0.276. The fourth-order valence-corrected chi connectivity index (χ4v) is 5.99. The number of thioether (sulfide) groups is 1. The molecule has 1 aliphatic carbocycles. The first-order chi connectivity index (χ1) is 17.6. The maximum absolute atomic E-state index is 13.9. The van der Waals surface area contributed by atoms with Crippen molar-refractivity contribution in [2.24, 2.45) is 5.92 Å². The molecular weight excluding hydrogens is 470 g/mol. The molecule has 0 bridgehead atoms. The van der Waals surface area contributed by atoms with Crippen molar-refractivity contribution in [3.63, 3.8) is 0 Å². The monoisotopic (exact) mass is 499 g/mol. The molecule has 1 fully saturated rings. The summed E-state index contributed by atoms with van der Waals surface area (Å²) in [5.74, 6) is 0.152. The zero-order valence-electron chi connectivity index (χ0n) is 20.0. The number of carbonyl (C=O) groups excluding carboxylic acids is 1. The third kappa shape index (κ3) is 4.75. The van der Waals surface area contributed by atoms with Crippen molar-refractivity contribution in [2.75, 3.05) is 12.3 Å². The Labute approximate surface area is 214 Å². The van der Waals surface area contributed by atoms with Gasteiger partial charge in [-0.25, -0.2) is 4.98 Å². The Morgan fingerprint density at radius 1 is 0.944 bits per heavy atom. The number of aliphatic carboxylic acids is 1. The first kappa shape index (κ1) is 24.1. The summed E-state index contributed by atoms with van der Waals surface area (Å²) in [5.41, 5.74) is 2.98. The van der Waals surface area contributed by atoms with E-state index in [0.29, 0.717) is 11.7 Å². The second kappa shape index (κ2) is 10.6. The second-order valence-corrected chi connectivity index (χ2v) is 10.2. The Morgan fingerprint density at radius 3 is 2.17 bits per heavy atom. The quantitative estimate of drug-likeness (QED) is 0.221. The lowest BCUT2D eigenvalue weighted by Crippen LogP contribution is -2.47. The lowest BCUT2D eigenvalue weighted by atomic mass is 9.69. The van der Waals surface area contributed by atoms with Crippen LogP contribution in [0.25, 0.3) is 11.0 Å². The molecule has 5 rings (SSSR count). The minimum Gasteiger partial charge on any atom is -0.480 e. The molecule has 1 heterocycles. The number of aromatic nitrogens is 2. The average molecular weight is 500 g/mol. The topological polar surface area (TPSA) is 84.2 Å². The van der Waals surface area contributed by atoms with Gasteiger partial charge in [-0.1, -0.05) is 84.6 Å².